The second-order valence-electron chi connectivity index (χ2n) is 4.38. The van der Waals surface area contributed by atoms with Crippen LogP contribution in [0.25, 0.3) is 0 Å². The fourth-order valence-electron chi connectivity index (χ4n) is 1.87. The van der Waals surface area contributed by atoms with E-state index >= 15 is 0 Å². The Bertz CT molecular complexity index is 404. The standard InChI is InChI=1S/C14H19N3/c1-3-9-17(4-2)14-11-15-8-7-12(14)10-16-13-5-6-13/h1,7-8,11,13,16H,4-6,9-10H2,2H3. The van der Waals surface area contributed by atoms with Gasteiger partial charge in [0.1, 0.15) is 0 Å². The third-order valence-electron chi connectivity index (χ3n) is 3.05. The van der Waals surface area contributed by atoms with Crippen molar-refractivity contribution in [2.75, 3.05) is 18.0 Å². The Morgan fingerprint density at radius 1 is 1.59 bits per heavy atom. The highest BCUT2D eigenvalue weighted by molar-refractivity contribution is 5.52. The molecule has 0 atom stereocenters. The van der Waals surface area contributed by atoms with Gasteiger partial charge in [0.2, 0.25) is 0 Å². The van der Waals surface area contributed by atoms with E-state index in [4.69, 9.17) is 6.42 Å². The molecule has 17 heavy (non-hydrogen) atoms. The molecule has 2 rings (SSSR count). The van der Waals surface area contributed by atoms with Gasteiger partial charge in [0, 0.05) is 25.3 Å². The van der Waals surface area contributed by atoms with Crippen molar-refractivity contribution in [3.63, 3.8) is 0 Å². The average molecular weight is 229 g/mol. The van der Waals surface area contributed by atoms with Crippen LogP contribution in [-0.4, -0.2) is 24.1 Å². The van der Waals surface area contributed by atoms with Gasteiger partial charge in [0.05, 0.1) is 18.4 Å². The largest absolute Gasteiger partial charge is 0.359 e. The molecule has 1 N–H and O–H groups in total. The third-order valence-corrected chi connectivity index (χ3v) is 3.05. The molecule has 0 radical (unpaired) electrons. The van der Waals surface area contributed by atoms with E-state index in [1.54, 1.807) is 0 Å². The number of nitrogens with one attached hydrogen (secondary N) is 1. The summed E-state index contributed by atoms with van der Waals surface area (Å²) in [4.78, 5) is 6.38. The first kappa shape index (κ1) is 11.9. The molecule has 1 aromatic heterocycles. The molecule has 90 valence electrons. The van der Waals surface area contributed by atoms with Gasteiger partial charge in [0.15, 0.2) is 0 Å². The SMILES string of the molecule is C#CCN(CC)c1cnccc1CNC1CC1. The molecule has 1 saturated carbocycles. The zero-order valence-electron chi connectivity index (χ0n) is 10.3. The molecule has 0 aromatic carbocycles. The van der Waals surface area contributed by atoms with Crippen LogP contribution in [-0.2, 0) is 6.54 Å². The van der Waals surface area contributed by atoms with Crippen molar-refractivity contribution in [1.29, 1.82) is 0 Å². The van der Waals surface area contributed by atoms with Crippen molar-refractivity contribution >= 4 is 5.69 Å². The molecule has 0 bridgehead atoms. The lowest BCUT2D eigenvalue weighted by Gasteiger charge is -2.23. The molecule has 1 aliphatic rings. The van der Waals surface area contributed by atoms with E-state index in [2.05, 4.69) is 34.1 Å². The van der Waals surface area contributed by atoms with Crippen molar-refractivity contribution in [2.24, 2.45) is 0 Å². The van der Waals surface area contributed by atoms with Gasteiger partial charge in [-0.1, -0.05) is 5.92 Å². The Kier molecular flexibility index (Phi) is 4.00. The zero-order chi connectivity index (χ0) is 12.1. The molecule has 0 spiro atoms. The third kappa shape index (κ3) is 3.21. The van der Waals surface area contributed by atoms with E-state index in [1.807, 2.05) is 12.4 Å². The fourth-order valence-corrected chi connectivity index (χ4v) is 1.87. The summed E-state index contributed by atoms with van der Waals surface area (Å²) in [7, 11) is 0. The van der Waals surface area contributed by atoms with E-state index in [-0.39, 0.29) is 0 Å². The van der Waals surface area contributed by atoms with Gasteiger partial charge in [-0.2, -0.15) is 0 Å². The summed E-state index contributed by atoms with van der Waals surface area (Å²) in [6.07, 6.45) is 11.8. The lowest BCUT2D eigenvalue weighted by atomic mass is 10.2. The first-order valence-electron chi connectivity index (χ1n) is 6.19. The van der Waals surface area contributed by atoms with Crippen molar-refractivity contribution in [3.8, 4) is 12.3 Å². The van der Waals surface area contributed by atoms with Crippen LogP contribution in [0.4, 0.5) is 5.69 Å². The van der Waals surface area contributed by atoms with Crippen LogP contribution in [0.1, 0.15) is 25.3 Å². The minimum absolute atomic E-state index is 0.638. The number of hydrogen-bond donors (Lipinski definition) is 1. The highest BCUT2D eigenvalue weighted by Crippen LogP contribution is 2.22. The Hall–Kier alpha value is -1.53. The molecule has 0 aliphatic heterocycles. The molecule has 0 unspecified atom stereocenters. The summed E-state index contributed by atoms with van der Waals surface area (Å²) in [5.74, 6) is 2.70. The monoisotopic (exact) mass is 229 g/mol. The maximum atomic E-state index is 5.40. The zero-order valence-corrected chi connectivity index (χ0v) is 10.3. The summed E-state index contributed by atoms with van der Waals surface area (Å²) < 4.78 is 0. The highest BCUT2D eigenvalue weighted by Gasteiger charge is 2.20. The predicted octanol–water partition coefficient (Wildman–Crippen LogP) is 1.79. The predicted molar refractivity (Wildman–Crippen MR) is 70.8 cm³/mol. The van der Waals surface area contributed by atoms with Crippen molar-refractivity contribution in [1.82, 2.24) is 10.3 Å². The number of anilines is 1. The van der Waals surface area contributed by atoms with Crippen LogP contribution >= 0.6 is 0 Å². The maximum absolute atomic E-state index is 5.40. The van der Waals surface area contributed by atoms with Crippen LogP contribution in [0.3, 0.4) is 0 Å². The van der Waals surface area contributed by atoms with E-state index in [1.165, 1.54) is 18.4 Å². The van der Waals surface area contributed by atoms with Crippen LogP contribution in [0.5, 0.6) is 0 Å². The van der Waals surface area contributed by atoms with Crippen molar-refractivity contribution < 1.29 is 0 Å². The molecule has 0 amide bonds. The second-order valence-corrected chi connectivity index (χ2v) is 4.38. The maximum Gasteiger partial charge on any atom is 0.0792 e. The molecular formula is C14H19N3. The van der Waals surface area contributed by atoms with E-state index in [0.717, 1.165) is 24.8 Å². The highest BCUT2D eigenvalue weighted by atomic mass is 15.1. The van der Waals surface area contributed by atoms with Gasteiger partial charge < -0.3 is 10.2 Å². The minimum Gasteiger partial charge on any atom is -0.359 e. The van der Waals surface area contributed by atoms with Gasteiger partial charge in [-0.25, -0.2) is 0 Å². The summed E-state index contributed by atoms with van der Waals surface area (Å²) in [6.45, 7) is 4.57. The van der Waals surface area contributed by atoms with Crippen LogP contribution in [0, 0.1) is 12.3 Å². The lowest BCUT2D eigenvalue weighted by molar-refractivity contribution is 0.684. The Balaban J connectivity index is 2.10. The molecular weight excluding hydrogens is 210 g/mol. The Morgan fingerprint density at radius 2 is 2.41 bits per heavy atom. The molecule has 0 saturated heterocycles. The molecule has 1 heterocycles. The van der Waals surface area contributed by atoms with E-state index in [0.29, 0.717) is 6.54 Å². The number of terminal acetylenes is 1. The van der Waals surface area contributed by atoms with Crippen LogP contribution < -0.4 is 10.2 Å². The van der Waals surface area contributed by atoms with Gasteiger partial charge >= 0.3 is 0 Å². The molecule has 3 heteroatoms. The summed E-state index contributed by atoms with van der Waals surface area (Å²) in [5, 5.41) is 3.53. The number of rotatable bonds is 6. The smallest absolute Gasteiger partial charge is 0.0792 e. The summed E-state index contributed by atoms with van der Waals surface area (Å²) in [5.41, 5.74) is 2.44. The lowest BCUT2D eigenvalue weighted by Crippen LogP contribution is -2.26. The normalized spacial score (nSPS) is 14.4. The quantitative estimate of drug-likeness (QED) is 0.754. The minimum atomic E-state index is 0.638. The second kappa shape index (κ2) is 5.70. The van der Waals surface area contributed by atoms with Crippen molar-refractivity contribution in [3.05, 3.63) is 24.0 Å². The molecule has 1 aliphatic carbocycles. The number of hydrogen-bond acceptors (Lipinski definition) is 3. The Labute approximate surface area is 103 Å². The van der Waals surface area contributed by atoms with Gasteiger partial charge in [0.25, 0.3) is 0 Å². The van der Waals surface area contributed by atoms with Gasteiger partial charge in [-0.15, -0.1) is 6.42 Å². The molecule has 3 nitrogen and oxygen atoms in total. The summed E-state index contributed by atoms with van der Waals surface area (Å²) in [6, 6.07) is 2.79. The fraction of sp³-hybridized carbons (Fsp3) is 0.500. The number of nitrogens with zero attached hydrogens (tertiary/aromatic N) is 2. The molecule has 1 aromatic rings. The van der Waals surface area contributed by atoms with Gasteiger partial charge in [-0.3, -0.25) is 4.98 Å². The van der Waals surface area contributed by atoms with E-state index in [9.17, 15) is 0 Å². The first-order valence-corrected chi connectivity index (χ1v) is 6.19. The number of pyridine rings is 1. The topological polar surface area (TPSA) is 28.2 Å². The average Bonchev–Trinajstić information content (AvgIpc) is 3.18. The number of aromatic nitrogens is 1. The van der Waals surface area contributed by atoms with Gasteiger partial charge in [-0.05, 0) is 31.4 Å². The molecule has 1 fully saturated rings. The van der Waals surface area contributed by atoms with Crippen molar-refractivity contribution in [2.45, 2.75) is 32.4 Å². The Morgan fingerprint density at radius 3 is 3.06 bits per heavy atom. The van der Waals surface area contributed by atoms with E-state index < -0.39 is 0 Å². The first-order chi connectivity index (χ1) is 8.35. The summed E-state index contributed by atoms with van der Waals surface area (Å²) >= 11 is 0. The van der Waals surface area contributed by atoms with Crippen LogP contribution in [0.15, 0.2) is 18.5 Å². The van der Waals surface area contributed by atoms with Crippen LogP contribution in [0.2, 0.25) is 0 Å².